The number of hydrogen-bond acceptors (Lipinski definition) is 7. The highest BCUT2D eigenvalue weighted by molar-refractivity contribution is 5.89. The number of ether oxygens (including phenoxy) is 2. The van der Waals surface area contributed by atoms with E-state index in [-0.39, 0.29) is 36.7 Å². The van der Waals surface area contributed by atoms with Gasteiger partial charge in [-0.2, -0.15) is 18.2 Å². The second-order valence-corrected chi connectivity index (χ2v) is 9.94. The summed E-state index contributed by atoms with van der Waals surface area (Å²) in [5.74, 6) is -2.63. The summed E-state index contributed by atoms with van der Waals surface area (Å²) in [5, 5.41) is 7.17. The van der Waals surface area contributed by atoms with Gasteiger partial charge in [0, 0.05) is 18.3 Å². The van der Waals surface area contributed by atoms with Crippen molar-refractivity contribution in [2.24, 2.45) is 0 Å². The van der Waals surface area contributed by atoms with E-state index in [1.54, 1.807) is 35.4 Å². The minimum absolute atomic E-state index is 0.0130. The van der Waals surface area contributed by atoms with Crippen molar-refractivity contribution >= 4 is 22.5 Å². The Morgan fingerprint density at radius 1 is 1.18 bits per heavy atom. The van der Waals surface area contributed by atoms with Crippen molar-refractivity contribution in [3.8, 4) is 17.0 Å². The van der Waals surface area contributed by atoms with Gasteiger partial charge in [0.2, 0.25) is 11.8 Å². The number of hydrogen-bond donors (Lipinski definition) is 1. The first-order valence-electron chi connectivity index (χ1n) is 12.5. The van der Waals surface area contributed by atoms with Crippen LogP contribution in [0, 0.1) is 6.92 Å². The van der Waals surface area contributed by atoms with Crippen LogP contribution >= 0.6 is 0 Å². The lowest BCUT2D eigenvalue weighted by molar-refractivity contribution is -0.140. The topological polar surface area (TPSA) is 81.7 Å². The van der Waals surface area contributed by atoms with E-state index in [0.717, 1.165) is 4.57 Å². The number of benzene rings is 1. The van der Waals surface area contributed by atoms with Gasteiger partial charge in [-0.05, 0) is 37.1 Å². The summed E-state index contributed by atoms with van der Waals surface area (Å²) < 4.78 is 82.8. The number of imidazole rings is 1. The molecule has 39 heavy (non-hydrogen) atoms. The number of alkyl halides is 5. The molecule has 1 aromatic carbocycles. The molecule has 14 heteroatoms. The highest BCUT2D eigenvalue weighted by Gasteiger charge is 2.47. The third-order valence-corrected chi connectivity index (χ3v) is 7.33. The highest BCUT2D eigenvalue weighted by atomic mass is 19.4. The summed E-state index contributed by atoms with van der Waals surface area (Å²) in [6.07, 6.45) is -2.58. The van der Waals surface area contributed by atoms with Gasteiger partial charge in [0.05, 0.1) is 50.0 Å². The van der Waals surface area contributed by atoms with E-state index in [9.17, 15) is 22.0 Å². The minimum atomic E-state index is -4.41. The maximum absolute atomic E-state index is 15.0. The molecular formula is C25H26F5N7O2. The smallest absolute Gasteiger partial charge is 0.406 e. The molecule has 1 N–H and O–H groups in total. The molecule has 0 bridgehead atoms. The SMILES string of the molecule is COc1nc(N[C@@H]2CCN(C3COC3)CC2(F)F)nn2ccc(-c3ccc4nc(C)n(CC(F)(F)F)c4c3)c12. The fraction of sp³-hybridized carbons (Fsp3) is 0.480. The average molecular weight is 552 g/mol. The molecule has 5 heterocycles. The molecule has 0 saturated carbocycles. The number of fused-ring (bicyclic) bond motifs is 2. The first kappa shape index (κ1) is 25.7. The number of aromatic nitrogens is 5. The molecule has 3 aromatic heterocycles. The lowest BCUT2D eigenvalue weighted by Gasteiger charge is -2.44. The molecule has 4 aromatic rings. The molecular weight excluding hydrogens is 525 g/mol. The maximum Gasteiger partial charge on any atom is 0.406 e. The summed E-state index contributed by atoms with van der Waals surface area (Å²) in [4.78, 5) is 10.4. The van der Waals surface area contributed by atoms with E-state index in [0.29, 0.717) is 47.4 Å². The van der Waals surface area contributed by atoms with E-state index in [4.69, 9.17) is 9.47 Å². The number of nitrogens with one attached hydrogen (secondary N) is 1. The molecule has 1 atom stereocenters. The van der Waals surface area contributed by atoms with Crippen LogP contribution in [0.1, 0.15) is 12.2 Å². The van der Waals surface area contributed by atoms with Crippen LogP contribution in [0.25, 0.3) is 27.7 Å². The second-order valence-electron chi connectivity index (χ2n) is 9.94. The third kappa shape index (κ3) is 4.75. The lowest BCUT2D eigenvalue weighted by Crippen LogP contribution is -2.61. The Labute approximate surface area is 219 Å². The van der Waals surface area contributed by atoms with Crippen LogP contribution < -0.4 is 10.1 Å². The van der Waals surface area contributed by atoms with E-state index in [2.05, 4.69) is 20.4 Å². The van der Waals surface area contributed by atoms with Crippen molar-refractivity contribution in [3.05, 3.63) is 36.3 Å². The first-order valence-corrected chi connectivity index (χ1v) is 12.5. The number of rotatable bonds is 6. The van der Waals surface area contributed by atoms with Gasteiger partial charge < -0.3 is 19.4 Å². The minimum Gasteiger partial charge on any atom is -0.479 e. The van der Waals surface area contributed by atoms with Crippen LogP contribution in [0.4, 0.5) is 27.9 Å². The third-order valence-electron chi connectivity index (χ3n) is 7.33. The zero-order valence-corrected chi connectivity index (χ0v) is 21.2. The van der Waals surface area contributed by atoms with Crippen molar-refractivity contribution in [1.82, 2.24) is 29.0 Å². The molecule has 0 amide bonds. The van der Waals surface area contributed by atoms with Crippen LogP contribution in [0.3, 0.4) is 0 Å². The van der Waals surface area contributed by atoms with Crippen LogP contribution in [0.15, 0.2) is 30.5 Å². The molecule has 0 radical (unpaired) electrons. The molecule has 0 aliphatic carbocycles. The Kier molecular flexibility index (Phi) is 6.14. The van der Waals surface area contributed by atoms with Crippen LogP contribution in [-0.2, 0) is 11.3 Å². The van der Waals surface area contributed by atoms with E-state index < -0.39 is 24.7 Å². The molecule has 0 unspecified atom stereocenters. The van der Waals surface area contributed by atoms with E-state index in [1.165, 1.54) is 18.5 Å². The number of aryl methyl sites for hydroxylation is 1. The van der Waals surface area contributed by atoms with Crippen LogP contribution in [-0.4, -0.2) is 86.6 Å². The largest absolute Gasteiger partial charge is 0.479 e. The van der Waals surface area contributed by atoms with Gasteiger partial charge in [-0.15, -0.1) is 5.10 Å². The number of piperidine rings is 1. The number of methoxy groups -OCH3 is 1. The Hall–Kier alpha value is -3.52. The van der Waals surface area contributed by atoms with E-state index in [1.807, 2.05) is 0 Å². The molecule has 2 saturated heterocycles. The van der Waals surface area contributed by atoms with Gasteiger partial charge in [-0.1, -0.05) is 6.07 Å². The molecule has 6 rings (SSSR count). The van der Waals surface area contributed by atoms with Crippen molar-refractivity contribution in [2.45, 2.75) is 44.1 Å². The maximum atomic E-state index is 15.0. The summed E-state index contributed by atoms with van der Waals surface area (Å²) in [7, 11) is 1.40. The predicted octanol–water partition coefficient (Wildman–Crippen LogP) is 4.15. The number of halogens is 5. The summed E-state index contributed by atoms with van der Waals surface area (Å²) >= 11 is 0. The fourth-order valence-electron chi connectivity index (χ4n) is 5.26. The predicted molar refractivity (Wildman–Crippen MR) is 132 cm³/mol. The standard InChI is InChI=1S/C25H26F5N7O2/c1-14-31-18-4-3-15(9-19(18)36(14)13-25(28,29)30)17-5-8-37-21(17)22(38-2)33-23(34-37)32-20-6-7-35(12-24(20,26)27)16-10-39-11-16/h3-5,8-9,16,20H,6-7,10-13H2,1-2H3,(H,32,34)/t20-/m1/s1. The van der Waals surface area contributed by atoms with Gasteiger partial charge >= 0.3 is 6.18 Å². The Bertz CT molecular complexity index is 1530. The summed E-state index contributed by atoms with van der Waals surface area (Å²) in [5.41, 5.74) is 2.44. The zero-order chi connectivity index (χ0) is 27.5. The molecule has 2 aliphatic heterocycles. The van der Waals surface area contributed by atoms with Gasteiger partial charge in [-0.3, -0.25) is 4.90 Å². The van der Waals surface area contributed by atoms with Crippen LogP contribution in [0.2, 0.25) is 0 Å². The summed E-state index contributed by atoms with van der Waals surface area (Å²) in [6.45, 7) is 1.44. The Balaban J connectivity index is 1.31. The molecule has 2 aliphatic rings. The van der Waals surface area contributed by atoms with Crippen LogP contribution in [0.5, 0.6) is 5.88 Å². The Morgan fingerprint density at radius 2 is 1.97 bits per heavy atom. The molecule has 9 nitrogen and oxygen atoms in total. The highest BCUT2D eigenvalue weighted by Crippen LogP contribution is 2.35. The number of anilines is 1. The van der Waals surface area contributed by atoms with Crippen molar-refractivity contribution < 1.29 is 31.4 Å². The van der Waals surface area contributed by atoms with Gasteiger partial charge in [0.25, 0.3) is 5.92 Å². The second kappa shape index (κ2) is 9.30. The van der Waals surface area contributed by atoms with Gasteiger partial charge in [0.15, 0.2) is 0 Å². The average Bonchev–Trinajstić information content (AvgIpc) is 3.38. The first-order chi connectivity index (χ1) is 18.5. The van der Waals surface area contributed by atoms with Crippen molar-refractivity contribution in [2.75, 3.05) is 38.7 Å². The monoisotopic (exact) mass is 551 g/mol. The normalized spacial score (nSPS) is 20.4. The fourth-order valence-corrected chi connectivity index (χ4v) is 5.26. The number of likely N-dealkylation sites (tertiary alicyclic amines) is 1. The quantitative estimate of drug-likeness (QED) is 0.361. The summed E-state index contributed by atoms with van der Waals surface area (Å²) in [6, 6.07) is 5.62. The molecule has 2 fully saturated rings. The van der Waals surface area contributed by atoms with Crippen molar-refractivity contribution in [3.63, 3.8) is 0 Å². The Morgan fingerprint density at radius 3 is 2.64 bits per heavy atom. The van der Waals surface area contributed by atoms with E-state index >= 15 is 0 Å². The lowest BCUT2D eigenvalue weighted by atomic mass is 9.98. The van der Waals surface area contributed by atoms with Gasteiger partial charge in [-0.25, -0.2) is 18.3 Å². The van der Waals surface area contributed by atoms with Crippen molar-refractivity contribution in [1.29, 1.82) is 0 Å². The zero-order valence-electron chi connectivity index (χ0n) is 21.2. The number of nitrogens with zero attached hydrogens (tertiary/aromatic N) is 6. The molecule has 208 valence electrons. The van der Waals surface area contributed by atoms with Gasteiger partial charge in [0.1, 0.15) is 17.9 Å². The molecule has 0 spiro atoms.